The molecular weight excluding hydrogens is 355 g/mol. The zero-order valence-electron chi connectivity index (χ0n) is 16.0. The average molecular weight is 378 g/mol. The maximum Gasteiger partial charge on any atom is 0.228 e. The Balaban J connectivity index is 1.72. The highest BCUT2D eigenvalue weighted by atomic mass is 19.1. The van der Waals surface area contributed by atoms with E-state index in [4.69, 9.17) is 5.10 Å². The highest BCUT2D eigenvalue weighted by Crippen LogP contribution is 2.33. The second kappa shape index (κ2) is 7.54. The number of aromatic nitrogens is 3. The zero-order valence-corrected chi connectivity index (χ0v) is 16.0. The minimum Gasteiger partial charge on any atom is -0.310 e. The van der Waals surface area contributed by atoms with Gasteiger partial charge in [-0.1, -0.05) is 13.8 Å². The van der Waals surface area contributed by atoms with Crippen LogP contribution >= 0.6 is 0 Å². The minimum atomic E-state index is -0.277. The van der Waals surface area contributed by atoms with Crippen LogP contribution in [-0.4, -0.2) is 20.7 Å². The molecule has 0 bridgehead atoms. The molecule has 5 nitrogen and oxygen atoms in total. The molecule has 1 N–H and O–H groups in total. The standard InChI is InChI=1S/C22H23FN4O/c1-14(2)12-27-13-19(21(26-27)15-5-7-18(23)8-6-15)17-9-10-24-20(11-17)25-22(28)16-3-4-16/h5-11,13-14,16H,3-4,12H2,1-2H3,(H,24,25,28). The Morgan fingerprint density at radius 2 is 1.96 bits per heavy atom. The smallest absolute Gasteiger partial charge is 0.228 e. The van der Waals surface area contributed by atoms with E-state index >= 15 is 0 Å². The molecule has 1 saturated carbocycles. The van der Waals surface area contributed by atoms with Crippen molar-refractivity contribution < 1.29 is 9.18 Å². The third kappa shape index (κ3) is 4.11. The molecule has 2 heterocycles. The van der Waals surface area contributed by atoms with E-state index in [0.29, 0.717) is 11.7 Å². The largest absolute Gasteiger partial charge is 0.310 e. The van der Waals surface area contributed by atoms with Crippen molar-refractivity contribution in [3.63, 3.8) is 0 Å². The highest BCUT2D eigenvalue weighted by molar-refractivity contribution is 5.94. The lowest BCUT2D eigenvalue weighted by Crippen LogP contribution is -2.14. The number of anilines is 1. The number of pyridine rings is 1. The van der Waals surface area contributed by atoms with Gasteiger partial charge in [-0.05, 0) is 60.7 Å². The molecule has 1 fully saturated rings. The molecule has 1 aliphatic carbocycles. The maximum atomic E-state index is 13.4. The molecule has 0 radical (unpaired) electrons. The van der Waals surface area contributed by atoms with Crippen molar-refractivity contribution in [1.29, 1.82) is 0 Å². The summed E-state index contributed by atoms with van der Waals surface area (Å²) in [4.78, 5) is 16.3. The Hall–Kier alpha value is -3.02. The van der Waals surface area contributed by atoms with Crippen LogP contribution in [0.15, 0.2) is 48.8 Å². The molecule has 0 aliphatic heterocycles. The quantitative estimate of drug-likeness (QED) is 0.673. The van der Waals surface area contributed by atoms with Gasteiger partial charge in [0, 0.05) is 36.0 Å². The topological polar surface area (TPSA) is 59.8 Å². The van der Waals surface area contributed by atoms with Crippen molar-refractivity contribution >= 4 is 11.7 Å². The molecule has 0 atom stereocenters. The summed E-state index contributed by atoms with van der Waals surface area (Å²) >= 11 is 0. The predicted octanol–water partition coefficient (Wildman–Crippen LogP) is 4.76. The van der Waals surface area contributed by atoms with Crippen LogP contribution in [0.4, 0.5) is 10.2 Å². The fourth-order valence-corrected chi connectivity index (χ4v) is 3.16. The third-order valence-electron chi connectivity index (χ3n) is 4.70. The minimum absolute atomic E-state index is 0.0268. The van der Waals surface area contributed by atoms with E-state index in [9.17, 15) is 9.18 Å². The molecule has 3 aromatic rings. The van der Waals surface area contributed by atoms with E-state index < -0.39 is 0 Å². The number of nitrogens with one attached hydrogen (secondary N) is 1. The summed E-state index contributed by atoms with van der Waals surface area (Å²) in [5.41, 5.74) is 3.47. The zero-order chi connectivity index (χ0) is 19.7. The molecule has 0 spiro atoms. The first-order valence-electron chi connectivity index (χ1n) is 9.60. The van der Waals surface area contributed by atoms with Crippen molar-refractivity contribution in [3.05, 3.63) is 54.6 Å². The van der Waals surface area contributed by atoms with Crippen LogP contribution < -0.4 is 5.32 Å². The first-order valence-corrected chi connectivity index (χ1v) is 9.60. The number of hydrogen-bond donors (Lipinski definition) is 1. The summed E-state index contributed by atoms with van der Waals surface area (Å²) in [7, 11) is 0. The van der Waals surface area contributed by atoms with Crippen molar-refractivity contribution in [2.45, 2.75) is 33.2 Å². The number of rotatable bonds is 6. The molecule has 1 aliphatic rings. The second-order valence-corrected chi connectivity index (χ2v) is 7.71. The summed E-state index contributed by atoms with van der Waals surface area (Å²) in [5, 5.41) is 7.63. The summed E-state index contributed by atoms with van der Waals surface area (Å²) in [6.07, 6.45) is 5.58. The Morgan fingerprint density at radius 1 is 1.21 bits per heavy atom. The summed E-state index contributed by atoms with van der Waals surface area (Å²) in [6.45, 7) is 5.05. The molecule has 0 saturated heterocycles. The number of carbonyl (C=O) groups excluding carboxylic acids is 1. The van der Waals surface area contributed by atoms with Gasteiger partial charge in [0.2, 0.25) is 5.91 Å². The lowest BCUT2D eigenvalue weighted by Gasteiger charge is -2.07. The van der Waals surface area contributed by atoms with E-state index in [0.717, 1.165) is 41.8 Å². The lowest BCUT2D eigenvalue weighted by molar-refractivity contribution is -0.117. The van der Waals surface area contributed by atoms with Gasteiger partial charge in [-0.25, -0.2) is 9.37 Å². The summed E-state index contributed by atoms with van der Waals surface area (Å²) in [5.74, 6) is 0.851. The molecule has 4 rings (SSSR count). The van der Waals surface area contributed by atoms with Crippen LogP contribution in [0.25, 0.3) is 22.4 Å². The lowest BCUT2D eigenvalue weighted by atomic mass is 10.0. The SMILES string of the molecule is CC(C)Cn1cc(-c2ccnc(NC(=O)C3CC3)c2)c(-c2ccc(F)cc2)n1. The van der Waals surface area contributed by atoms with Crippen molar-refractivity contribution in [3.8, 4) is 22.4 Å². The number of hydrogen-bond acceptors (Lipinski definition) is 3. The third-order valence-corrected chi connectivity index (χ3v) is 4.70. The molecule has 6 heteroatoms. The fraction of sp³-hybridized carbons (Fsp3) is 0.318. The van der Waals surface area contributed by atoms with E-state index in [1.54, 1.807) is 18.3 Å². The monoisotopic (exact) mass is 378 g/mol. The van der Waals surface area contributed by atoms with E-state index in [1.165, 1.54) is 12.1 Å². The van der Waals surface area contributed by atoms with Crippen LogP contribution in [0.3, 0.4) is 0 Å². The predicted molar refractivity (Wildman–Crippen MR) is 107 cm³/mol. The first-order chi connectivity index (χ1) is 13.5. The normalized spacial score (nSPS) is 13.7. The van der Waals surface area contributed by atoms with Gasteiger partial charge in [0.05, 0.1) is 0 Å². The van der Waals surface area contributed by atoms with Crippen LogP contribution in [-0.2, 0) is 11.3 Å². The van der Waals surface area contributed by atoms with Crippen LogP contribution in [0.5, 0.6) is 0 Å². The number of amides is 1. The molecule has 1 amide bonds. The Morgan fingerprint density at radius 3 is 2.64 bits per heavy atom. The van der Waals surface area contributed by atoms with Gasteiger partial charge in [-0.2, -0.15) is 5.10 Å². The molecule has 0 unspecified atom stereocenters. The molecule has 1 aromatic carbocycles. The number of halogens is 1. The number of nitrogens with zero attached hydrogens (tertiary/aromatic N) is 3. The second-order valence-electron chi connectivity index (χ2n) is 7.71. The Kier molecular flexibility index (Phi) is 4.94. The van der Waals surface area contributed by atoms with Gasteiger partial charge in [0.1, 0.15) is 17.3 Å². The van der Waals surface area contributed by atoms with Gasteiger partial charge < -0.3 is 5.32 Å². The molecule has 28 heavy (non-hydrogen) atoms. The van der Waals surface area contributed by atoms with E-state index in [-0.39, 0.29) is 17.6 Å². The van der Waals surface area contributed by atoms with Gasteiger partial charge in [-0.15, -0.1) is 0 Å². The van der Waals surface area contributed by atoms with Crippen LogP contribution in [0, 0.1) is 17.7 Å². The molecule has 144 valence electrons. The van der Waals surface area contributed by atoms with Crippen LogP contribution in [0.2, 0.25) is 0 Å². The highest BCUT2D eigenvalue weighted by Gasteiger charge is 2.29. The van der Waals surface area contributed by atoms with Gasteiger partial charge in [0.25, 0.3) is 0 Å². The average Bonchev–Trinajstić information content (AvgIpc) is 3.43. The first kappa shape index (κ1) is 18.3. The fourth-order valence-electron chi connectivity index (χ4n) is 3.16. The van der Waals surface area contributed by atoms with Gasteiger partial charge in [0.15, 0.2) is 0 Å². The summed E-state index contributed by atoms with van der Waals surface area (Å²) < 4.78 is 15.3. The Labute approximate surface area is 163 Å². The molecular formula is C22H23FN4O. The van der Waals surface area contributed by atoms with Crippen LogP contribution in [0.1, 0.15) is 26.7 Å². The van der Waals surface area contributed by atoms with Gasteiger partial charge in [-0.3, -0.25) is 9.48 Å². The maximum absolute atomic E-state index is 13.4. The Bertz CT molecular complexity index is 990. The molecule has 2 aromatic heterocycles. The van der Waals surface area contributed by atoms with Crippen molar-refractivity contribution in [2.75, 3.05) is 5.32 Å². The van der Waals surface area contributed by atoms with Crippen molar-refractivity contribution in [1.82, 2.24) is 14.8 Å². The summed E-state index contributed by atoms with van der Waals surface area (Å²) in [6, 6.07) is 10.1. The van der Waals surface area contributed by atoms with E-state index in [2.05, 4.69) is 24.1 Å². The van der Waals surface area contributed by atoms with E-state index in [1.807, 2.05) is 23.0 Å². The van der Waals surface area contributed by atoms with Gasteiger partial charge >= 0.3 is 0 Å². The number of benzene rings is 1. The van der Waals surface area contributed by atoms with Crippen molar-refractivity contribution in [2.24, 2.45) is 11.8 Å². The number of carbonyl (C=O) groups is 1.